The van der Waals surface area contributed by atoms with Gasteiger partial charge in [0.1, 0.15) is 12.1 Å². The summed E-state index contributed by atoms with van der Waals surface area (Å²) in [5, 5.41) is 13.4. The third kappa shape index (κ3) is 2.96. The van der Waals surface area contributed by atoms with E-state index in [2.05, 4.69) is 15.3 Å². The number of benzene rings is 2. The summed E-state index contributed by atoms with van der Waals surface area (Å²) in [6.45, 7) is 1.99. The summed E-state index contributed by atoms with van der Waals surface area (Å²) >= 11 is 0. The number of methoxy groups -OCH3 is 2. The molecule has 0 spiro atoms. The van der Waals surface area contributed by atoms with Crippen molar-refractivity contribution in [3.8, 4) is 11.5 Å². The Kier molecular flexibility index (Phi) is 4.48. The predicted octanol–water partition coefficient (Wildman–Crippen LogP) is 3.19. The smallest absolute Gasteiger partial charge is 0.162 e. The van der Waals surface area contributed by atoms with Crippen LogP contribution in [0.3, 0.4) is 0 Å². The molecule has 0 radical (unpaired) electrons. The highest BCUT2D eigenvalue weighted by Gasteiger charge is 2.11. The van der Waals surface area contributed by atoms with Gasteiger partial charge >= 0.3 is 0 Å². The molecule has 1 aromatic heterocycles. The Balaban J connectivity index is 2.04. The molecule has 2 aromatic carbocycles. The van der Waals surface area contributed by atoms with Crippen LogP contribution in [0.15, 0.2) is 36.7 Å². The zero-order chi connectivity index (χ0) is 17.1. The number of ether oxygens (including phenoxy) is 2. The van der Waals surface area contributed by atoms with E-state index in [0.717, 1.165) is 27.7 Å². The number of hydrogen-bond acceptors (Lipinski definition) is 6. The van der Waals surface area contributed by atoms with E-state index < -0.39 is 0 Å². The van der Waals surface area contributed by atoms with Gasteiger partial charge in [0.15, 0.2) is 11.5 Å². The number of aromatic nitrogens is 2. The summed E-state index contributed by atoms with van der Waals surface area (Å²) in [6.07, 6.45) is 1.51. The zero-order valence-electron chi connectivity index (χ0n) is 13.8. The van der Waals surface area contributed by atoms with Crippen molar-refractivity contribution in [3.63, 3.8) is 0 Å². The maximum absolute atomic E-state index is 9.28. The van der Waals surface area contributed by atoms with Gasteiger partial charge in [0.05, 0.1) is 26.3 Å². The van der Waals surface area contributed by atoms with Gasteiger partial charge in [-0.1, -0.05) is 6.07 Å². The van der Waals surface area contributed by atoms with Crippen molar-refractivity contribution in [2.24, 2.45) is 0 Å². The number of hydrogen-bond donors (Lipinski definition) is 2. The third-order valence-electron chi connectivity index (χ3n) is 3.92. The Morgan fingerprint density at radius 1 is 1.04 bits per heavy atom. The molecule has 6 nitrogen and oxygen atoms in total. The van der Waals surface area contributed by atoms with E-state index >= 15 is 0 Å². The number of anilines is 2. The average molecular weight is 325 g/mol. The van der Waals surface area contributed by atoms with Crippen LogP contribution in [0, 0.1) is 6.92 Å². The highest BCUT2D eigenvalue weighted by atomic mass is 16.5. The van der Waals surface area contributed by atoms with Gasteiger partial charge in [0, 0.05) is 17.1 Å². The molecule has 2 N–H and O–H groups in total. The van der Waals surface area contributed by atoms with Gasteiger partial charge in [-0.15, -0.1) is 0 Å². The highest BCUT2D eigenvalue weighted by Crippen LogP contribution is 2.34. The minimum Gasteiger partial charge on any atom is -0.493 e. The fourth-order valence-corrected chi connectivity index (χ4v) is 2.57. The lowest BCUT2D eigenvalue weighted by Gasteiger charge is -2.13. The van der Waals surface area contributed by atoms with Crippen LogP contribution in [0.2, 0.25) is 0 Å². The quantitative estimate of drug-likeness (QED) is 0.750. The number of aliphatic hydroxyl groups excluding tert-OH is 1. The van der Waals surface area contributed by atoms with Gasteiger partial charge < -0.3 is 19.9 Å². The zero-order valence-corrected chi connectivity index (χ0v) is 13.8. The van der Waals surface area contributed by atoms with Crippen molar-refractivity contribution in [3.05, 3.63) is 47.8 Å². The Morgan fingerprint density at radius 3 is 2.46 bits per heavy atom. The van der Waals surface area contributed by atoms with Gasteiger partial charge in [-0.05, 0) is 36.2 Å². The van der Waals surface area contributed by atoms with Crippen LogP contribution in [0.4, 0.5) is 11.5 Å². The molecule has 0 aliphatic rings. The first-order chi connectivity index (χ1) is 11.7. The molecule has 3 aromatic rings. The molecule has 0 fully saturated rings. The second-order valence-corrected chi connectivity index (χ2v) is 5.37. The van der Waals surface area contributed by atoms with Crippen LogP contribution in [-0.2, 0) is 6.61 Å². The molecule has 1 heterocycles. The largest absolute Gasteiger partial charge is 0.493 e. The average Bonchev–Trinajstić information content (AvgIpc) is 2.61. The number of fused-ring (bicyclic) bond motifs is 1. The maximum atomic E-state index is 9.28. The second-order valence-electron chi connectivity index (χ2n) is 5.37. The molecular formula is C18H19N3O3. The first kappa shape index (κ1) is 16.0. The van der Waals surface area contributed by atoms with Crippen LogP contribution >= 0.6 is 0 Å². The number of aliphatic hydroxyl groups is 1. The fourth-order valence-electron chi connectivity index (χ4n) is 2.57. The summed E-state index contributed by atoms with van der Waals surface area (Å²) in [4.78, 5) is 8.63. The normalized spacial score (nSPS) is 10.7. The van der Waals surface area contributed by atoms with Crippen molar-refractivity contribution < 1.29 is 14.6 Å². The number of nitrogens with zero attached hydrogens (tertiary/aromatic N) is 2. The summed E-state index contributed by atoms with van der Waals surface area (Å²) in [7, 11) is 3.19. The van der Waals surface area contributed by atoms with Gasteiger partial charge in [0.2, 0.25) is 0 Å². The van der Waals surface area contributed by atoms with Crippen LogP contribution in [-0.4, -0.2) is 29.3 Å². The van der Waals surface area contributed by atoms with Crippen molar-refractivity contribution in [2.45, 2.75) is 13.5 Å². The van der Waals surface area contributed by atoms with Crippen molar-refractivity contribution in [2.75, 3.05) is 19.5 Å². The molecule has 0 unspecified atom stereocenters. The summed E-state index contributed by atoms with van der Waals surface area (Å²) in [5.41, 5.74) is 3.56. The summed E-state index contributed by atoms with van der Waals surface area (Å²) in [6, 6.07) is 9.45. The van der Waals surface area contributed by atoms with Crippen LogP contribution in [0.25, 0.3) is 10.9 Å². The highest BCUT2D eigenvalue weighted by molar-refractivity contribution is 5.93. The Morgan fingerprint density at radius 2 is 1.79 bits per heavy atom. The topological polar surface area (TPSA) is 76.5 Å². The van der Waals surface area contributed by atoms with Gasteiger partial charge in [-0.25, -0.2) is 9.97 Å². The predicted molar refractivity (Wildman–Crippen MR) is 93.0 cm³/mol. The molecule has 0 aliphatic carbocycles. The number of rotatable bonds is 5. The standard InChI is InChI=1S/C18H19N3O3/c1-11-6-13(5-4-12(11)9-22)21-18-14-7-16(23-2)17(24-3)8-15(14)19-10-20-18/h4-8,10,22H,9H2,1-3H3,(H,19,20,21). The molecule has 6 heteroatoms. The van der Waals surface area contributed by atoms with E-state index in [-0.39, 0.29) is 6.61 Å². The summed E-state index contributed by atoms with van der Waals surface area (Å²) in [5.74, 6) is 1.92. The SMILES string of the molecule is COc1cc2ncnc(Nc3ccc(CO)c(C)c3)c2cc1OC. The number of aryl methyl sites for hydroxylation is 1. The lowest BCUT2D eigenvalue weighted by atomic mass is 10.1. The Labute approximate surface area is 140 Å². The first-order valence-corrected chi connectivity index (χ1v) is 7.50. The maximum Gasteiger partial charge on any atom is 0.162 e. The van der Waals surface area contributed by atoms with Crippen molar-refractivity contribution >= 4 is 22.4 Å². The molecule has 0 aliphatic heterocycles. The monoisotopic (exact) mass is 325 g/mol. The molecule has 124 valence electrons. The lowest BCUT2D eigenvalue weighted by molar-refractivity contribution is 0.281. The molecule has 3 rings (SSSR count). The fraction of sp³-hybridized carbons (Fsp3) is 0.222. The van der Waals surface area contributed by atoms with Crippen LogP contribution < -0.4 is 14.8 Å². The second kappa shape index (κ2) is 6.72. The van der Waals surface area contributed by atoms with E-state index in [1.165, 1.54) is 6.33 Å². The molecule has 0 saturated carbocycles. The van der Waals surface area contributed by atoms with E-state index in [1.54, 1.807) is 14.2 Å². The van der Waals surface area contributed by atoms with Crippen molar-refractivity contribution in [1.82, 2.24) is 9.97 Å². The van der Waals surface area contributed by atoms with Crippen LogP contribution in [0.1, 0.15) is 11.1 Å². The van der Waals surface area contributed by atoms with Gasteiger partial charge in [-0.2, -0.15) is 0 Å². The lowest BCUT2D eigenvalue weighted by Crippen LogP contribution is -1.99. The van der Waals surface area contributed by atoms with Crippen molar-refractivity contribution in [1.29, 1.82) is 0 Å². The minimum absolute atomic E-state index is 0.0273. The van der Waals surface area contributed by atoms with Gasteiger partial charge in [0.25, 0.3) is 0 Å². The first-order valence-electron chi connectivity index (χ1n) is 7.50. The molecular weight excluding hydrogens is 306 g/mol. The van der Waals surface area contributed by atoms with Crippen LogP contribution in [0.5, 0.6) is 11.5 Å². The molecule has 24 heavy (non-hydrogen) atoms. The molecule has 0 bridgehead atoms. The van der Waals surface area contributed by atoms with E-state index in [1.807, 2.05) is 37.3 Å². The van der Waals surface area contributed by atoms with E-state index in [4.69, 9.17) is 9.47 Å². The Bertz CT molecular complexity index is 881. The molecule has 0 atom stereocenters. The third-order valence-corrected chi connectivity index (χ3v) is 3.92. The number of nitrogens with one attached hydrogen (secondary N) is 1. The summed E-state index contributed by atoms with van der Waals surface area (Å²) < 4.78 is 10.7. The molecule has 0 amide bonds. The molecule has 0 saturated heterocycles. The van der Waals surface area contributed by atoms with E-state index in [9.17, 15) is 5.11 Å². The Hall–Kier alpha value is -2.86. The van der Waals surface area contributed by atoms with E-state index in [0.29, 0.717) is 17.3 Å². The van der Waals surface area contributed by atoms with Gasteiger partial charge in [-0.3, -0.25) is 0 Å². The minimum atomic E-state index is 0.0273.